The minimum absolute atomic E-state index is 0.0706. The Bertz CT molecular complexity index is 1010. The molecule has 2 aliphatic rings. The van der Waals surface area contributed by atoms with Gasteiger partial charge >= 0.3 is 0 Å². The first-order chi connectivity index (χ1) is 15.5. The molecule has 32 heavy (non-hydrogen) atoms. The number of rotatable bonds is 6. The third-order valence-corrected chi connectivity index (χ3v) is 5.69. The Balaban J connectivity index is 1.29. The molecule has 9 heteroatoms. The molecule has 2 aromatic rings. The lowest BCUT2D eigenvalue weighted by Gasteiger charge is -2.42. The SMILES string of the molecule is O=C(CN1CC(=O)N2CCCCC2C1=O)Nc1ccc(C(=O)NCc2cccnc2)cc1. The fraction of sp³-hybridized carbons (Fsp3) is 0.348. The number of benzene rings is 1. The normalized spacial score (nSPS) is 18.2. The van der Waals surface area contributed by atoms with E-state index in [1.807, 2.05) is 6.07 Å². The molecule has 1 atom stereocenters. The predicted molar refractivity (Wildman–Crippen MR) is 116 cm³/mol. The van der Waals surface area contributed by atoms with Crippen molar-refractivity contribution in [3.8, 4) is 0 Å². The number of piperazine rings is 1. The number of carbonyl (C=O) groups is 4. The van der Waals surface area contributed by atoms with Crippen LogP contribution in [0.1, 0.15) is 35.2 Å². The molecule has 2 fully saturated rings. The third kappa shape index (κ3) is 4.93. The van der Waals surface area contributed by atoms with Gasteiger partial charge in [0.05, 0.1) is 0 Å². The van der Waals surface area contributed by atoms with Crippen LogP contribution >= 0.6 is 0 Å². The van der Waals surface area contributed by atoms with Gasteiger partial charge < -0.3 is 20.4 Å². The first-order valence-corrected chi connectivity index (χ1v) is 10.7. The van der Waals surface area contributed by atoms with Crippen molar-refractivity contribution < 1.29 is 19.2 Å². The minimum atomic E-state index is -0.442. The lowest BCUT2D eigenvalue weighted by molar-refractivity contribution is -0.158. The van der Waals surface area contributed by atoms with Crippen LogP contribution in [0.4, 0.5) is 5.69 Å². The smallest absolute Gasteiger partial charge is 0.251 e. The van der Waals surface area contributed by atoms with Crippen LogP contribution in [0, 0.1) is 0 Å². The molecule has 2 N–H and O–H groups in total. The van der Waals surface area contributed by atoms with E-state index in [0.29, 0.717) is 30.8 Å². The van der Waals surface area contributed by atoms with Gasteiger partial charge in [0.1, 0.15) is 19.1 Å². The summed E-state index contributed by atoms with van der Waals surface area (Å²) in [4.78, 5) is 56.7. The number of hydrogen-bond donors (Lipinski definition) is 2. The quantitative estimate of drug-likeness (QED) is 0.708. The highest BCUT2D eigenvalue weighted by Gasteiger charge is 2.40. The summed E-state index contributed by atoms with van der Waals surface area (Å²) in [6, 6.07) is 9.72. The second kappa shape index (κ2) is 9.59. The van der Waals surface area contributed by atoms with Gasteiger partial charge in [-0.2, -0.15) is 0 Å². The molecule has 4 rings (SSSR count). The van der Waals surface area contributed by atoms with E-state index < -0.39 is 6.04 Å². The molecule has 0 aliphatic carbocycles. The number of carbonyl (C=O) groups excluding carboxylic acids is 4. The second-order valence-corrected chi connectivity index (χ2v) is 7.96. The molecule has 2 aliphatic heterocycles. The standard InChI is InChI=1S/C23H25N5O4/c29-20(14-27-15-21(30)28-11-2-1-5-19(28)23(27)32)26-18-8-6-17(7-9-18)22(31)25-13-16-4-3-10-24-12-16/h3-4,6-10,12,19H,1-2,5,11,13-15H2,(H,25,31)(H,26,29). The molecule has 0 spiro atoms. The van der Waals surface area contributed by atoms with Gasteiger partial charge in [-0.1, -0.05) is 6.07 Å². The van der Waals surface area contributed by atoms with Crippen molar-refractivity contribution in [2.45, 2.75) is 31.8 Å². The Kier molecular flexibility index (Phi) is 6.44. The van der Waals surface area contributed by atoms with Gasteiger partial charge in [0.2, 0.25) is 17.7 Å². The van der Waals surface area contributed by atoms with Crippen LogP contribution in [0.5, 0.6) is 0 Å². The van der Waals surface area contributed by atoms with Crippen LogP contribution in [0.25, 0.3) is 0 Å². The summed E-state index contributed by atoms with van der Waals surface area (Å²) in [5, 5.41) is 5.54. The zero-order chi connectivity index (χ0) is 22.5. The fourth-order valence-corrected chi connectivity index (χ4v) is 4.03. The molecular formula is C23H25N5O4. The summed E-state index contributed by atoms with van der Waals surface area (Å²) in [6.45, 7) is 0.727. The van der Waals surface area contributed by atoms with Crippen molar-refractivity contribution in [1.29, 1.82) is 0 Å². The predicted octanol–water partition coefficient (Wildman–Crippen LogP) is 1.17. The second-order valence-electron chi connectivity index (χ2n) is 7.96. The maximum absolute atomic E-state index is 12.7. The molecule has 166 valence electrons. The van der Waals surface area contributed by atoms with Crippen molar-refractivity contribution in [2.75, 3.05) is 25.0 Å². The van der Waals surface area contributed by atoms with Crippen molar-refractivity contribution in [3.63, 3.8) is 0 Å². The lowest BCUT2D eigenvalue weighted by Crippen LogP contribution is -2.62. The molecule has 9 nitrogen and oxygen atoms in total. The van der Waals surface area contributed by atoms with Crippen LogP contribution in [0.2, 0.25) is 0 Å². The Morgan fingerprint density at radius 3 is 2.66 bits per heavy atom. The zero-order valence-electron chi connectivity index (χ0n) is 17.6. The van der Waals surface area contributed by atoms with E-state index in [2.05, 4.69) is 15.6 Å². The molecule has 2 saturated heterocycles. The number of nitrogens with one attached hydrogen (secondary N) is 2. The Hall–Kier alpha value is -3.75. The van der Waals surface area contributed by atoms with Gasteiger partial charge in [0.15, 0.2) is 0 Å². The average Bonchev–Trinajstić information content (AvgIpc) is 2.82. The number of hydrogen-bond acceptors (Lipinski definition) is 5. The van der Waals surface area contributed by atoms with Gasteiger partial charge in [0.25, 0.3) is 5.91 Å². The van der Waals surface area contributed by atoms with Crippen molar-refractivity contribution in [3.05, 3.63) is 59.9 Å². The first kappa shape index (κ1) is 21.5. The summed E-state index contributed by atoms with van der Waals surface area (Å²) >= 11 is 0. The highest BCUT2D eigenvalue weighted by Crippen LogP contribution is 2.23. The van der Waals surface area contributed by atoms with Gasteiger partial charge in [-0.25, -0.2) is 0 Å². The highest BCUT2D eigenvalue weighted by atomic mass is 16.2. The number of aromatic nitrogens is 1. The number of piperidine rings is 1. The number of fused-ring (bicyclic) bond motifs is 1. The third-order valence-electron chi connectivity index (χ3n) is 5.69. The summed E-state index contributed by atoms with van der Waals surface area (Å²) in [5.41, 5.74) is 1.86. The van der Waals surface area contributed by atoms with E-state index in [9.17, 15) is 19.2 Å². The first-order valence-electron chi connectivity index (χ1n) is 10.7. The van der Waals surface area contributed by atoms with Gasteiger partial charge in [-0.15, -0.1) is 0 Å². The summed E-state index contributed by atoms with van der Waals surface area (Å²) in [7, 11) is 0. The maximum atomic E-state index is 12.7. The fourth-order valence-electron chi connectivity index (χ4n) is 4.03. The van der Waals surface area contributed by atoms with E-state index in [1.54, 1.807) is 47.6 Å². The van der Waals surface area contributed by atoms with Crippen LogP contribution < -0.4 is 10.6 Å². The highest BCUT2D eigenvalue weighted by molar-refractivity contribution is 6.00. The number of pyridine rings is 1. The van der Waals surface area contributed by atoms with E-state index >= 15 is 0 Å². The number of nitrogens with zero attached hydrogens (tertiary/aromatic N) is 3. The number of anilines is 1. The topological polar surface area (TPSA) is 112 Å². The van der Waals surface area contributed by atoms with Crippen LogP contribution in [0.3, 0.4) is 0 Å². The summed E-state index contributed by atoms with van der Waals surface area (Å²) < 4.78 is 0. The largest absolute Gasteiger partial charge is 0.348 e. The Morgan fingerprint density at radius 1 is 1.09 bits per heavy atom. The zero-order valence-corrected chi connectivity index (χ0v) is 17.6. The van der Waals surface area contributed by atoms with Crippen molar-refractivity contribution in [1.82, 2.24) is 20.1 Å². The Morgan fingerprint density at radius 2 is 1.91 bits per heavy atom. The van der Waals surface area contributed by atoms with Crippen LogP contribution in [0.15, 0.2) is 48.8 Å². The average molecular weight is 435 g/mol. The van der Waals surface area contributed by atoms with E-state index in [-0.39, 0.29) is 36.7 Å². The molecule has 1 aromatic carbocycles. The maximum Gasteiger partial charge on any atom is 0.251 e. The van der Waals surface area contributed by atoms with Crippen molar-refractivity contribution >= 4 is 29.3 Å². The van der Waals surface area contributed by atoms with Gasteiger partial charge in [-0.05, 0) is 55.2 Å². The van der Waals surface area contributed by atoms with Crippen LogP contribution in [-0.4, -0.2) is 64.1 Å². The van der Waals surface area contributed by atoms with E-state index in [1.165, 1.54) is 4.90 Å². The molecule has 1 unspecified atom stereocenters. The van der Waals surface area contributed by atoms with Crippen LogP contribution in [-0.2, 0) is 20.9 Å². The van der Waals surface area contributed by atoms with Gasteiger partial charge in [-0.3, -0.25) is 24.2 Å². The summed E-state index contributed by atoms with van der Waals surface area (Å²) in [6.07, 6.45) is 5.82. The molecule has 0 radical (unpaired) electrons. The molecule has 1 aromatic heterocycles. The van der Waals surface area contributed by atoms with Gasteiger partial charge in [0, 0.05) is 36.7 Å². The monoisotopic (exact) mass is 435 g/mol. The molecule has 3 heterocycles. The molecule has 4 amide bonds. The molecule has 0 saturated carbocycles. The van der Waals surface area contributed by atoms with E-state index in [0.717, 1.165) is 18.4 Å². The Labute approximate surface area is 185 Å². The summed E-state index contributed by atoms with van der Waals surface area (Å²) in [5.74, 6) is -0.894. The lowest BCUT2D eigenvalue weighted by atomic mass is 9.98. The van der Waals surface area contributed by atoms with E-state index in [4.69, 9.17) is 0 Å². The minimum Gasteiger partial charge on any atom is -0.348 e. The van der Waals surface area contributed by atoms with Crippen molar-refractivity contribution in [2.24, 2.45) is 0 Å². The molecular weight excluding hydrogens is 410 g/mol. The molecule has 0 bridgehead atoms. The number of amides is 4.